The van der Waals surface area contributed by atoms with Gasteiger partial charge in [0.1, 0.15) is 0 Å². The molecule has 0 amide bonds. The van der Waals surface area contributed by atoms with Gasteiger partial charge in [0, 0.05) is 49.2 Å². The minimum atomic E-state index is -2.30. The lowest BCUT2D eigenvalue weighted by Crippen LogP contribution is -2.34. The van der Waals surface area contributed by atoms with E-state index in [-0.39, 0.29) is 6.54 Å². The Morgan fingerprint density at radius 2 is 2.00 bits per heavy atom. The summed E-state index contributed by atoms with van der Waals surface area (Å²) in [5, 5.41) is 1.17. The van der Waals surface area contributed by atoms with Crippen LogP contribution in [0.4, 0.5) is 8.78 Å². The van der Waals surface area contributed by atoms with Crippen molar-refractivity contribution in [2.24, 2.45) is 0 Å². The summed E-state index contributed by atoms with van der Waals surface area (Å²) in [6, 6.07) is 10.4. The molecule has 0 atom stereocenters. The molecule has 0 unspecified atom stereocenters. The zero-order valence-electron chi connectivity index (χ0n) is 15.6. The van der Waals surface area contributed by atoms with Gasteiger partial charge >= 0.3 is 0 Å². The number of hydrogen-bond donors (Lipinski definition) is 0. The fourth-order valence-electron chi connectivity index (χ4n) is 3.94. The van der Waals surface area contributed by atoms with E-state index in [9.17, 15) is 8.78 Å². The van der Waals surface area contributed by atoms with Gasteiger partial charge in [-0.25, -0.2) is 8.78 Å². The number of aryl methyl sites for hydroxylation is 1. The predicted octanol–water partition coefficient (Wildman–Crippen LogP) is 4.99. The van der Waals surface area contributed by atoms with Crippen LogP contribution in [0.5, 0.6) is 0 Å². The standard InChI is InChI=1S/C22H23F2N3/c1-15-3-4-20-18(11-15)19-13-26(14-22(23)24)10-7-21(19)27(20)12-16(2)17-5-8-25-9-6-17/h3-6,8-9,11-12,22H,7,10,13-14H2,1-2H3. The monoisotopic (exact) mass is 367 g/mol. The number of benzene rings is 1. The van der Waals surface area contributed by atoms with E-state index >= 15 is 0 Å². The summed E-state index contributed by atoms with van der Waals surface area (Å²) in [4.78, 5) is 5.95. The number of aromatic nitrogens is 2. The van der Waals surface area contributed by atoms with Crippen LogP contribution < -0.4 is 0 Å². The van der Waals surface area contributed by atoms with E-state index in [4.69, 9.17) is 0 Å². The first-order valence-corrected chi connectivity index (χ1v) is 9.24. The Morgan fingerprint density at radius 3 is 2.74 bits per heavy atom. The Hall–Kier alpha value is -2.53. The van der Waals surface area contributed by atoms with Gasteiger partial charge in [-0.1, -0.05) is 11.6 Å². The molecule has 140 valence electrons. The molecule has 4 rings (SSSR count). The van der Waals surface area contributed by atoms with Gasteiger partial charge in [0.15, 0.2) is 0 Å². The molecule has 2 aromatic heterocycles. The molecule has 27 heavy (non-hydrogen) atoms. The molecule has 0 aliphatic carbocycles. The lowest BCUT2D eigenvalue weighted by molar-refractivity contribution is 0.0820. The maximum Gasteiger partial charge on any atom is 0.251 e. The van der Waals surface area contributed by atoms with E-state index in [0.29, 0.717) is 13.1 Å². The Bertz CT molecular complexity index is 990. The summed E-state index contributed by atoms with van der Waals surface area (Å²) >= 11 is 0. The molecule has 1 aliphatic rings. The van der Waals surface area contributed by atoms with Crippen molar-refractivity contribution in [1.29, 1.82) is 0 Å². The molecule has 3 heterocycles. The zero-order chi connectivity index (χ0) is 19.0. The van der Waals surface area contributed by atoms with Gasteiger partial charge < -0.3 is 4.57 Å². The van der Waals surface area contributed by atoms with Crippen LogP contribution in [-0.4, -0.2) is 34.0 Å². The lowest BCUT2D eigenvalue weighted by Gasteiger charge is -2.27. The highest BCUT2D eigenvalue weighted by Crippen LogP contribution is 2.33. The van der Waals surface area contributed by atoms with Crippen molar-refractivity contribution in [1.82, 2.24) is 14.5 Å². The van der Waals surface area contributed by atoms with Crippen LogP contribution in [0, 0.1) is 6.92 Å². The van der Waals surface area contributed by atoms with Crippen LogP contribution in [0.15, 0.2) is 42.7 Å². The summed E-state index contributed by atoms with van der Waals surface area (Å²) in [5.41, 5.74) is 7.01. The van der Waals surface area contributed by atoms with E-state index in [1.807, 2.05) is 17.0 Å². The minimum Gasteiger partial charge on any atom is -0.320 e. The second-order valence-electron chi connectivity index (χ2n) is 7.24. The van der Waals surface area contributed by atoms with E-state index in [1.54, 1.807) is 12.4 Å². The van der Waals surface area contributed by atoms with Gasteiger partial charge in [-0.15, -0.1) is 0 Å². The van der Waals surface area contributed by atoms with E-state index in [0.717, 1.165) is 23.1 Å². The van der Waals surface area contributed by atoms with Crippen LogP contribution in [0.25, 0.3) is 22.7 Å². The number of rotatable bonds is 4. The van der Waals surface area contributed by atoms with Gasteiger partial charge in [0.25, 0.3) is 6.43 Å². The summed E-state index contributed by atoms with van der Waals surface area (Å²) in [6.45, 7) is 5.24. The molecule has 3 nitrogen and oxygen atoms in total. The molecule has 1 aromatic carbocycles. The van der Waals surface area contributed by atoms with Crippen LogP contribution in [0.2, 0.25) is 0 Å². The van der Waals surface area contributed by atoms with Gasteiger partial charge in [-0.3, -0.25) is 9.88 Å². The maximum absolute atomic E-state index is 12.9. The smallest absolute Gasteiger partial charge is 0.251 e. The summed E-state index contributed by atoms with van der Waals surface area (Å²) in [7, 11) is 0. The summed E-state index contributed by atoms with van der Waals surface area (Å²) < 4.78 is 28.0. The van der Waals surface area contributed by atoms with Crippen molar-refractivity contribution in [2.75, 3.05) is 13.1 Å². The molecule has 0 N–H and O–H groups in total. The normalized spacial score (nSPS) is 15.5. The van der Waals surface area contributed by atoms with Crippen molar-refractivity contribution in [3.05, 3.63) is 65.1 Å². The molecule has 0 saturated heterocycles. The first-order chi connectivity index (χ1) is 13.0. The van der Waals surface area contributed by atoms with Crippen molar-refractivity contribution >= 4 is 22.7 Å². The minimum absolute atomic E-state index is 0.163. The Kier molecular flexibility index (Phi) is 4.79. The highest BCUT2D eigenvalue weighted by Gasteiger charge is 2.25. The number of fused-ring (bicyclic) bond motifs is 3. The highest BCUT2D eigenvalue weighted by molar-refractivity contribution is 5.90. The van der Waals surface area contributed by atoms with E-state index < -0.39 is 6.43 Å². The molecule has 5 heteroatoms. The van der Waals surface area contributed by atoms with Crippen molar-refractivity contribution < 1.29 is 8.78 Å². The predicted molar refractivity (Wildman–Crippen MR) is 106 cm³/mol. The van der Waals surface area contributed by atoms with E-state index in [1.165, 1.54) is 22.2 Å². The van der Waals surface area contributed by atoms with Crippen molar-refractivity contribution in [2.45, 2.75) is 33.2 Å². The van der Waals surface area contributed by atoms with Crippen LogP contribution in [0.3, 0.4) is 0 Å². The Balaban J connectivity index is 1.83. The quantitative estimate of drug-likeness (QED) is 0.648. The van der Waals surface area contributed by atoms with E-state index in [2.05, 4.69) is 47.8 Å². The summed E-state index contributed by atoms with van der Waals surface area (Å²) in [5.74, 6) is 0. The molecule has 0 spiro atoms. The first kappa shape index (κ1) is 17.9. The molecule has 0 radical (unpaired) electrons. The number of alkyl halides is 2. The molecule has 0 saturated carbocycles. The van der Waals surface area contributed by atoms with Gasteiger partial charge in [-0.2, -0.15) is 0 Å². The average Bonchev–Trinajstić information content (AvgIpc) is 2.94. The number of hydrogen-bond acceptors (Lipinski definition) is 2. The Labute approximate surface area is 157 Å². The molecular formula is C22H23F2N3. The Morgan fingerprint density at radius 1 is 1.22 bits per heavy atom. The topological polar surface area (TPSA) is 21.1 Å². The molecule has 0 fully saturated rings. The van der Waals surface area contributed by atoms with Crippen molar-refractivity contribution in [3.63, 3.8) is 0 Å². The third-order valence-corrected chi connectivity index (χ3v) is 5.28. The van der Waals surface area contributed by atoms with Crippen LogP contribution >= 0.6 is 0 Å². The number of halogens is 2. The highest BCUT2D eigenvalue weighted by atomic mass is 19.3. The van der Waals surface area contributed by atoms with Crippen molar-refractivity contribution in [3.8, 4) is 0 Å². The largest absolute Gasteiger partial charge is 0.320 e. The fourth-order valence-corrected chi connectivity index (χ4v) is 3.94. The molecule has 0 bridgehead atoms. The first-order valence-electron chi connectivity index (χ1n) is 9.24. The van der Waals surface area contributed by atoms with Crippen LogP contribution in [0.1, 0.15) is 29.3 Å². The number of nitrogens with zero attached hydrogens (tertiary/aromatic N) is 3. The molecular weight excluding hydrogens is 344 g/mol. The third kappa shape index (κ3) is 3.52. The lowest BCUT2D eigenvalue weighted by atomic mass is 10.0. The zero-order valence-corrected chi connectivity index (χ0v) is 15.6. The SMILES string of the molecule is CC(=Cn1c2c(c3cc(C)ccc31)CN(CC(F)F)CC2)c1ccncc1. The fraction of sp³-hybridized carbons (Fsp3) is 0.318. The maximum atomic E-state index is 12.9. The van der Waals surface area contributed by atoms with Gasteiger partial charge in [0.05, 0.1) is 12.1 Å². The second kappa shape index (κ2) is 7.24. The third-order valence-electron chi connectivity index (χ3n) is 5.28. The second-order valence-corrected chi connectivity index (χ2v) is 7.24. The molecule has 1 aliphatic heterocycles. The summed E-state index contributed by atoms with van der Waals surface area (Å²) in [6.07, 6.45) is 4.23. The number of pyridine rings is 1. The van der Waals surface area contributed by atoms with Gasteiger partial charge in [-0.05, 0) is 54.8 Å². The number of allylic oxidation sites excluding steroid dienone is 1. The molecule has 3 aromatic rings. The average molecular weight is 367 g/mol. The van der Waals surface area contributed by atoms with Crippen LogP contribution in [-0.2, 0) is 13.0 Å². The van der Waals surface area contributed by atoms with Gasteiger partial charge in [0.2, 0.25) is 0 Å².